The fraction of sp³-hybridized carbons (Fsp3) is 0.286. The van der Waals surface area contributed by atoms with Crippen LogP contribution in [0.2, 0.25) is 0 Å². The summed E-state index contributed by atoms with van der Waals surface area (Å²) >= 11 is 0. The van der Waals surface area contributed by atoms with Gasteiger partial charge in [0, 0.05) is 37.2 Å². The number of para-hydroxylation sites is 2. The summed E-state index contributed by atoms with van der Waals surface area (Å²) in [5.74, 6) is -0.0872. The van der Waals surface area contributed by atoms with Crippen LogP contribution in [0.25, 0.3) is 0 Å². The van der Waals surface area contributed by atoms with Crippen molar-refractivity contribution in [2.45, 2.75) is 32.3 Å². The highest BCUT2D eigenvalue weighted by molar-refractivity contribution is 6.05. The van der Waals surface area contributed by atoms with Gasteiger partial charge in [0.1, 0.15) is 5.75 Å². The maximum Gasteiger partial charge on any atom is 0.333 e. The molecule has 0 amide bonds. The molecule has 1 unspecified atom stereocenters. The number of carbonyl (C=O) groups excluding carboxylic acids is 1. The molecule has 0 spiro atoms. The van der Waals surface area contributed by atoms with E-state index in [0.717, 1.165) is 40.2 Å². The zero-order chi connectivity index (χ0) is 23.9. The summed E-state index contributed by atoms with van der Waals surface area (Å²) in [6.45, 7) is 3.38. The van der Waals surface area contributed by atoms with Crippen molar-refractivity contribution in [1.82, 2.24) is 0 Å². The number of rotatable bonds is 10. The van der Waals surface area contributed by atoms with E-state index in [1.807, 2.05) is 66.7 Å². The number of carbonyl (C=O) groups is 2. The Morgan fingerprint density at radius 3 is 2.44 bits per heavy atom. The predicted octanol–water partition coefficient (Wildman–Crippen LogP) is 5.06. The molecule has 1 atom stereocenters. The van der Waals surface area contributed by atoms with Gasteiger partial charge in [0.2, 0.25) is 0 Å². The first kappa shape index (κ1) is 23.5. The van der Waals surface area contributed by atoms with Gasteiger partial charge < -0.3 is 19.5 Å². The molecule has 1 heterocycles. The minimum Gasteiger partial charge on any atom is -0.494 e. The number of fused-ring (bicyclic) bond motifs is 2. The Balaban J connectivity index is 1.38. The number of aliphatic carboxylic acids is 1. The molecule has 6 heteroatoms. The molecular formula is C28H29NO5. The van der Waals surface area contributed by atoms with Crippen molar-refractivity contribution in [3.05, 3.63) is 89.5 Å². The zero-order valence-corrected chi connectivity index (χ0v) is 19.3. The van der Waals surface area contributed by atoms with E-state index in [9.17, 15) is 14.7 Å². The van der Waals surface area contributed by atoms with Crippen molar-refractivity contribution in [2.24, 2.45) is 0 Å². The molecule has 1 aliphatic heterocycles. The number of nitrogens with zero attached hydrogens (tertiary/aromatic N) is 1. The van der Waals surface area contributed by atoms with E-state index in [1.165, 1.54) is 0 Å². The van der Waals surface area contributed by atoms with Crippen LogP contribution in [-0.2, 0) is 22.4 Å². The van der Waals surface area contributed by atoms with Gasteiger partial charge in [-0.15, -0.1) is 0 Å². The molecule has 3 aromatic carbocycles. The lowest BCUT2D eigenvalue weighted by molar-refractivity contribution is -0.149. The molecule has 1 aliphatic rings. The van der Waals surface area contributed by atoms with Crippen LogP contribution in [0.15, 0.2) is 72.8 Å². The molecule has 176 valence electrons. The number of carboxylic acid groups (broad SMARTS) is 1. The van der Waals surface area contributed by atoms with Crippen LogP contribution in [0.3, 0.4) is 0 Å². The molecule has 4 rings (SSSR count). The van der Waals surface area contributed by atoms with Gasteiger partial charge in [0.25, 0.3) is 0 Å². The quantitative estimate of drug-likeness (QED) is 0.427. The number of hydrogen-bond donors (Lipinski definition) is 1. The molecule has 0 radical (unpaired) electrons. The molecule has 0 saturated heterocycles. The Labute approximate surface area is 199 Å². The van der Waals surface area contributed by atoms with Crippen LogP contribution in [0.5, 0.6) is 5.75 Å². The molecule has 0 saturated carbocycles. The maximum atomic E-state index is 12.8. The Bertz CT molecular complexity index is 1140. The number of anilines is 2. The number of benzene rings is 3. The highest BCUT2D eigenvalue weighted by Gasteiger charge is 2.24. The summed E-state index contributed by atoms with van der Waals surface area (Å²) in [7, 11) is 0. The second-order valence-electron chi connectivity index (χ2n) is 8.23. The first-order valence-electron chi connectivity index (χ1n) is 11.6. The van der Waals surface area contributed by atoms with E-state index < -0.39 is 12.1 Å². The second-order valence-corrected chi connectivity index (χ2v) is 8.23. The zero-order valence-electron chi connectivity index (χ0n) is 19.3. The summed E-state index contributed by atoms with van der Waals surface area (Å²) in [5, 5.41) is 9.25. The monoisotopic (exact) mass is 459 g/mol. The van der Waals surface area contributed by atoms with Crippen LogP contribution >= 0.6 is 0 Å². The topological polar surface area (TPSA) is 76.1 Å². The lowest BCUT2D eigenvalue weighted by Crippen LogP contribution is -2.26. The van der Waals surface area contributed by atoms with Gasteiger partial charge >= 0.3 is 5.97 Å². The van der Waals surface area contributed by atoms with E-state index in [-0.39, 0.29) is 5.78 Å². The van der Waals surface area contributed by atoms with Crippen molar-refractivity contribution in [1.29, 1.82) is 0 Å². The lowest BCUT2D eigenvalue weighted by atomic mass is 10.0. The van der Waals surface area contributed by atoms with E-state index in [4.69, 9.17) is 9.47 Å². The second kappa shape index (κ2) is 11.0. The Morgan fingerprint density at radius 1 is 1.00 bits per heavy atom. The Kier molecular flexibility index (Phi) is 7.60. The number of ketones is 1. The van der Waals surface area contributed by atoms with Crippen LogP contribution in [0.4, 0.5) is 11.4 Å². The predicted molar refractivity (Wildman–Crippen MR) is 131 cm³/mol. The van der Waals surface area contributed by atoms with E-state index in [0.29, 0.717) is 32.6 Å². The van der Waals surface area contributed by atoms with E-state index >= 15 is 0 Å². The minimum absolute atomic E-state index is 0.136. The van der Waals surface area contributed by atoms with E-state index in [1.54, 1.807) is 6.92 Å². The molecule has 1 N–H and O–H groups in total. The molecule has 6 nitrogen and oxygen atoms in total. The van der Waals surface area contributed by atoms with Crippen LogP contribution in [-0.4, -0.2) is 42.7 Å². The fourth-order valence-electron chi connectivity index (χ4n) is 4.27. The molecule has 0 fully saturated rings. The third kappa shape index (κ3) is 5.46. The number of Topliss-reactive ketones (excluding diaryl/α,β-unsaturated/α-hetero) is 1. The average Bonchev–Trinajstić information content (AvgIpc) is 2.96. The van der Waals surface area contributed by atoms with Crippen molar-refractivity contribution in [2.75, 3.05) is 24.7 Å². The summed E-state index contributed by atoms with van der Waals surface area (Å²) < 4.78 is 11.2. The van der Waals surface area contributed by atoms with Gasteiger partial charge in [0.05, 0.1) is 12.3 Å². The molecule has 3 aromatic rings. The third-order valence-corrected chi connectivity index (χ3v) is 5.91. The van der Waals surface area contributed by atoms with Crippen molar-refractivity contribution in [3.63, 3.8) is 0 Å². The molecule has 34 heavy (non-hydrogen) atoms. The summed E-state index contributed by atoms with van der Waals surface area (Å²) in [6, 6.07) is 23.3. The first-order valence-corrected chi connectivity index (χ1v) is 11.6. The van der Waals surface area contributed by atoms with Crippen molar-refractivity contribution >= 4 is 23.1 Å². The summed E-state index contributed by atoms with van der Waals surface area (Å²) in [5.41, 5.74) is 4.67. The summed E-state index contributed by atoms with van der Waals surface area (Å²) in [6.07, 6.45) is 0.640. The van der Waals surface area contributed by atoms with E-state index in [2.05, 4.69) is 11.0 Å². The van der Waals surface area contributed by atoms with Gasteiger partial charge in [-0.25, -0.2) is 4.79 Å². The number of hydrogen-bond acceptors (Lipinski definition) is 5. The number of ether oxygens (including phenoxy) is 2. The fourth-order valence-corrected chi connectivity index (χ4v) is 4.27. The smallest absolute Gasteiger partial charge is 0.333 e. The SMILES string of the molecule is CCOC(Cc1ccc(OCCCN2c3ccccc3CC(=O)c3ccccc32)cc1)C(=O)O. The lowest BCUT2D eigenvalue weighted by Gasteiger charge is -2.26. The van der Waals surface area contributed by atoms with Gasteiger partial charge in [-0.1, -0.05) is 42.5 Å². The van der Waals surface area contributed by atoms with Gasteiger partial charge in [-0.05, 0) is 54.8 Å². The third-order valence-electron chi connectivity index (χ3n) is 5.91. The number of carboxylic acids is 1. The van der Waals surface area contributed by atoms with Crippen molar-refractivity contribution in [3.8, 4) is 5.75 Å². The first-order chi connectivity index (χ1) is 16.6. The molecular weight excluding hydrogens is 430 g/mol. The largest absolute Gasteiger partial charge is 0.494 e. The van der Waals surface area contributed by atoms with Crippen LogP contribution in [0, 0.1) is 0 Å². The molecule has 0 bridgehead atoms. The minimum atomic E-state index is -0.958. The maximum absolute atomic E-state index is 12.8. The normalized spacial score (nSPS) is 13.6. The van der Waals surface area contributed by atoms with Crippen LogP contribution < -0.4 is 9.64 Å². The highest BCUT2D eigenvalue weighted by atomic mass is 16.5. The average molecular weight is 460 g/mol. The van der Waals surface area contributed by atoms with Crippen molar-refractivity contribution < 1.29 is 24.2 Å². The van der Waals surface area contributed by atoms with Gasteiger partial charge in [-0.3, -0.25) is 4.79 Å². The highest BCUT2D eigenvalue weighted by Crippen LogP contribution is 2.35. The van der Waals surface area contributed by atoms with Gasteiger partial charge in [0.15, 0.2) is 11.9 Å². The van der Waals surface area contributed by atoms with Gasteiger partial charge in [-0.2, -0.15) is 0 Å². The molecule has 0 aliphatic carbocycles. The molecule has 0 aromatic heterocycles. The summed E-state index contributed by atoms with van der Waals surface area (Å²) in [4.78, 5) is 26.3. The van der Waals surface area contributed by atoms with Crippen LogP contribution in [0.1, 0.15) is 34.8 Å². The Morgan fingerprint density at radius 2 is 1.71 bits per heavy atom. The standard InChI is InChI=1S/C28H29NO5/c1-2-33-27(28(31)32)18-20-12-14-22(15-13-20)34-17-7-16-29-24-10-5-3-8-21(24)19-26(30)23-9-4-6-11-25(23)29/h3-6,8-15,27H,2,7,16-19H2,1H3,(H,31,32). The Hall–Kier alpha value is -3.64.